The van der Waals surface area contributed by atoms with Gasteiger partial charge in [-0.05, 0) is 61.4 Å². The van der Waals surface area contributed by atoms with Crippen molar-refractivity contribution in [3.63, 3.8) is 0 Å². The zero-order valence-electron chi connectivity index (χ0n) is 13.9. The van der Waals surface area contributed by atoms with Crippen LogP contribution in [0.1, 0.15) is 21.5 Å². The summed E-state index contributed by atoms with van der Waals surface area (Å²) in [6, 6.07) is 11.9. The molecule has 1 aliphatic heterocycles. The van der Waals surface area contributed by atoms with Crippen molar-refractivity contribution in [2.45, 2.75) is 19.9 Å². The fourth-order valence-electron chi connectivity index (χ4n) is 3.03. The first-order chi connectivity index (χ1) is 11.7. The predicted octanol–water partition coefficient (Wildman–Crippen LogP) is 3.91. The molecule has 1 aliphatic rings. The Morgan fingerprint density at radius 2 is 1.80 bits per heavy atom. The van der Waals surface area contributed by atoms with E-state index >= 15 is 0 Å². The normalized spacial score (nSPS) is 18.3. The van der Waals surface area contributed by atoms with E-state index in [0.717, 1.165) is 11.1 Å². The summed E-state index contributed by atoms with van der Waals surface area (Å²) in [5.74, 6) is -0.397. The number of anilines is 1. The highest BCUT2D eigenvalue weighted by Crippen LogP contribution is 2.27. The molecule has 6 heteroatoms. The second kappa shape index (κ2) is 6.65. The van der Waals surface area contributed by atoms with Crippen LogP contribution in [-0.2, 0) is 9.84 Å². The number of halogens is 1. The number of carbonyl (C=O) groups excluding carboxylic acids is 1. The molecule has 0 radical (unpaired) electrons. The first-order valence-corrected chi connectivity index (χ1v) is 9.93. The molecule has 130 valence electrons. The molecule has 25 heavy (non-hydrogen) atoms. The van der Waals surface area contributed by atoms with Gasteiger partial charge in [0.1, 0.15) is 0 Å². The van der Waals surface area contributed by atoms with Crippen LogP contribution >= 0.6 is 11.6 Å². The van der Waals surface area contributed by atoms with Gasteiger partial charge in [-0.3, -0.25) is 4.79 Å². The van der Waals surface area contributed by atoms with Gasteiger partial charge in [0.05, 0.1) is 11.8 Å². The summed E-state index contributed by atoms with van der Waals surface area (Å²) >= 11 is 6.01. The van der Waals surface area contributed by atoms with E-state index < -0.39 is 15.9 Å². The summed E-state index contributed by atoms with van der Waals surface area (Å²) in [5, 5.41) is 1.64. The van der Waals surface area contributed by atoms with Crippen LogP contribution in [0, 0.1) is 13.8 Å². The molecule has 4 nitrogen and oxygen atoms in total. The number of hydrogen-bond donors (Lipinski definition) is 0. The molecule has 1 heterocycles. The van der Waals surface area contributed by atoms with Crippen molar-refractivity contribution >= 4 is 33.0 Å². The maximum absolute atomic E-state index is 13.2. The zero-order chi connectivity index (χ0) is 18.2. The van der Waals surface area contributed by atoms with E-state index in [4.69, 9.17) is 11.6 Å². The van der Waals surface area contributed by atoms with Gasteiger partial charge in [0.2, 0.25) is 0 Å². The third-order valence-corrected chi connectivity index (χ3v) is 5.63. The number of aryl methyl sites for hydroxylation is 2. The van der Waals surface area contributed by atoms with Crippen LogP contribution in [0.15, 0.2) is 53.9 Å². The van der Waals surface area contributed by atoms with Gasteiger partial charge in [0.25, 0.3) is 5.91 Å². The Kier molecular flexibility index (Phi) is 4.71. The summed E-state index contributed by atoms with van der Waals surface area (Å²) in [6.45, 7) is 3.89. The van der Waals surface area contributed by atoms with Crippen molar-refractivity contribution in [2.24, 2.45) is 0 Å². The Hall–Kier alpha value is -2.11. The first kappa shape index (κ1) is 17.7. The number of hydrogen-bond acceptors (Lipinski definition) is 3. The topological polar surface area (TPSA) is 54.5 Å². The molecule has 0 aromatic heterocycles. The van der Waals surface area contributed by atoms with Crippen LogP contribution in [0.4, 0.5) is 5.69 Å². The van der Waals surface area contributed by atoms with Gasteiger partial charge >= 0.3 is 0 Å². The fourth-order valence-corrected chi connectivity index (χ4v) is 4.49. The van der Waals surface area contributed by atoms with Gasteiger partial charge in [-0.15, -0.1) is 0 Å². The second-order valence-corrected chi connectivity index (χ2v) is 8.62. The van der Waals surface area contributed by atoms with E-state index in [1.54, 1.807) is 30.3 Å². The minimum Gasteiger partial charge on any atom is -0.300 e. The summed E-state index contributed by atoms with van der Waals surface area (Å²) in [4.78, 5) is 14.7. The van der Waals surface area contributed by atoms with Crippen LogP contribution in [0.2, 0.25) is 5.02 Å². The molecule has 2 aromatic rings. The molecule has 0 bridgehead atoms. The van der Waals surface area contributed by atoms with Crippen molar-refractivity contribution in [3.8, 4) is 0 Å². The highest BCUT2D eigenvalue weighted by Gasteiger charge is 2.32. The third kappa shape index (κ3) is 3.94. The highest BCUT2D eigenvalue weighted by molar-refractivity contribution is 7.94. The number of carbonyl (C=O) groups is 1. The van der Waals surface area contributed by atoms with Crippen molar-refractivity contribution in [1.82, 2.24) is 0 Å². The third-order valence-electron chi connectivity index (χ3n) is 4.02. The molecule has 2 aromatic carbocycles. The van der Waals surface area contributed by atoms with Gasteiger partial charge in [-0.2, -0.15) is 0 Å². The van der Waals surface area contributed by atoms with E-state index in [1.807, 2.05) is 32.0 Å². The molecule has 0 saturated carbocycles. The molecule has 0 saturated heterocycles. The predicted molar refractivity (Wildman–Crippen MR) is 101 cm³/mol. The van der Waals surface area contributed by atoms with Crippen LogP contribution in [0.3, 0.4) is 0 Å². The minimum absolute atomic E-state index is 0.119. The first-order valence-electron chi connectivity index (χ1n) is 7.83. The molecule has 3 rings (SSSR count). The van der Waals surface area contributed by atoms with E-state index in [2.05, 4.69) is 0 Å². The average molecular weight is 376 g/mol. The Bertz CT molecular complexity index is 946. The second-order valence-electron chi connectivity index (χ2n) is 6.26. The van der Waals surface area contributed by atoms with Crippen molar-refractivity contribution in [3.05, 3.63) is 75.7 Å². The molecule has 0 fully saturated rings. The largest absolute Gasteiger partial charge is 0.300 e. The smallest absolute Gasteiger partial charge is 0.258 e. The quantitative estimate of drug-likeness (QED) is 0.817. The van der Waals surface area contributed by atoms with Gasteiger partial charge in [-0.1, -0.05) is 23.7 Å². The maximum atomic E-state index is 13.2. The lowest BCUT2D eigenvalue weighted by Crippen LogP contribution is -2.41. The van der Waals surface area contributed by atoms with Crippen molar-refractivity contribution in [2.75, 3.05) is 10.7 Å². The number of amides is 1. The summed E-state index contributed by atoms with van der Waals surface area (Å²) in [6.07, 6.45) is 1.56. The van der Waals surface area contributed by atoms with E-state index in [9.17, 15) is 13.2 Å². The SMILES string of the molecule is Cc1cc(C)cc(N(C(=O)c2cccc(Cl)c2)[C@H]2C=CS(=O)(=O)C2)c1. The summed E-state index contributed by atoms with van der Waals surface area (Å²) < 4.78 is 23.8. The molecule has 0 unspecified atom stereocenters. The summed E-state index contributed by atoms with van der Waals surface area (Å²) in [7, 11) is -3.29. The molecular formula is C19H18ClNO3S. The van der Waals surface area contributed by atoms with Crippen LogP contribution in [-0.4, -0.2) is 26.1 Å². The fraction of sp³-hybridized carbons (Fsp3) is 0.211. The van der Waals surface area contributed by atoms with Crippen molar-refractivity contribution < 1.29 is 13.2 Å². The number of sulfone groups is 1. The maximum Gasteiger partial charge on any atom is 0.258 e. The number of benzene rings is 2. The summed E-state index contributed by atoms with van der Waals surface area (Å²) in [5.41, 5.74) is 3.10. The van der Waals surface area contributed by atoms with Crippen LogP contribution < -0.4 is 4.90 Å². The zero-order valence-corrected chi connectivity index (χ0v) is 15.5. The van der Waals surface area contributed by atoms with Gasteiger partial charge < -0.3 is 4.90 Å². The minimum atomic E-state index is -3.29. The molecule has 1 amide bonds. The molecule has 0 N–H and O–H groups in total. The molecule has 0 aliphatic carbocycles. The van der Waals surface area contributed by atoms with Crippen LogP contribution in [0.5, 0.6) is 0 Å². The Morgan fingerprint density at radius 1 is 1.12 bits per heavy atom. The van der Waals surface area contributed by atoms with Gasteiger partial charge in [-0.25, -0.2) is 8.42 Å². The van der Waals surface area contributed by atoms with Gasteiger partial charge in [0.15, 0.2) is 9.84 Å². The molecular weight excluding hydrogens is 358 g/mol. The van der Waals surface area contributed by atoms with Crippen molar-refractivity contribution in [1.29, 1.82) is 0 Å². The number of rotatable bonds is 3. The van der Waals surface area contributed by atoms with E-state index in [0.29, 0.717) is 16.3 Å². The Labute approximate surface area is 152 Å². The van der Waals surface area contributed by atoms with Crippen LogP contribution in [0.25, 0.3) is 0 Å². The highest BCUT2D eigenvalue weighted by atomic mass is 35.5. The lowest BCUT2D eigenvalue weighted by molar-refractivity contribution is 0.0983. The molecule has 1 atom stereocenters. The molecule has 0 spiro atoms. The Morgan fingerprint density at radius 3 is 2.36 bits per heavy atom. The van der Waals surface area contributed by atoms with Gasteiger partial charge in [0, 0.05) is 21.7 Å². The standard InChI is InChI=1S/C19H18ClNO3S/c1-13-8-14(2)10-18(9-13)21(17-6-7-25(23,24)12-17)19(22)15-4-3-5-16(20)11-15/h3-11,17H,12H2,1-2H3/t17-/m0/s1. The lowest BCUT2D eigenvalue weighted by Gasteiger charge is -2.28. The number of nitrogens with zero attached hydrogens (tertiary/aromatic N) is 1. The van der Waals surface area contributed by atoms with E-state index in [1.165, 1.54) is 10.3 Å². The average Bonchev–Trinajstić information content (AvgIpc) is 2.86. The lowest BCUT2D eigenvalue weighted by atomic mass is 10.1. The Balaban J connectivity index is 2.09. The van der Waals surface area contributed by atoms with E-state index in [-0.39, 0.29) is 11.7 Å². The monoisotopic (exact) mass is 375 g/mol.